The Kier molecular flexibility index (Phi) is 6.37. The lowest BCUT2D eigenvalue weighted by atomic mass is 9.96. The van der Waals surface area contributed by atoms with Crippen LogP contribution in [0.5, 0.6) is 0 Å². The molecular weight excluding hydrogens is 498 g/mol. The van der Waals surface area contributed by atoms with Gasteiger partial charge in [0.2, 0.25) is 0 Å². The molecule has 1 saturated carbocycles. The molecule has 0 amide bonds. The number of fused-ring (bicyclic) bond motifs is 2. The molecule has 0 radical (unpaired) electrons. The van der Waals surface area contributed by atoms with Crippen molar-refractivity contribution in [1.29, 1.82) is 10.5 Å². The van der Waals surface area contributed by atoms with E-state index in [2.05, 4.69) is 87.8 Å². The van der Waals surface area contributed by atoms with Crippen LogP contribution in [0.2, 0.25) is 0 Å². The SMILES string of the molecule is CC(C)(C)CNc1c(C#N)cnc2c(C#N)cc(N[C@H](C3=CN(C4CC4)NN3)c3cccc4cnccc34)cc12. The molecule has 1 aliphatic carbocycles. The molecule has 2 aliphatic rings. The van der Waals surface area contributed by atoms with Gasteiger partial charge in [-0.2, -0.15) is 10.5 Å². The number of nitrogens with one attached hydrogen (secondary N) is 4. The van der Waals surface area contributed by atoms with Gasteiger partial charge in [0.1, 0.15) is 12.1 Å². The summed E-state index contributed by atoms with van der Waals surface area (Å²) in [5, 5.41) is 32.1. The van der Waals surface area contributed by atoms with Gasteiger partial charge < -0.3 is 16.1 Å². The van der Waals surface area contributed by atoms with E-state index in [0.717, 1.165) is 45.9 Å². The summed E-state index contributed by atoms with van der Waals surface area (Å²) in [7, 11) is 0. The third-order valence-corrected chi connectivity index (χ3v) is 7.20. The van der Waals surface area contributed by atoms with E-state index in [1.807, 2.05) is 30.5 Å². The van der Waals surface area contributed by atoms with E-state index in [0.29, 0.717) is 34.9 Å². The quantitative estimate of drug-likeness (QED) is 0.247. The van der Waals surface area contributed by atoms with Gasteiger partial charge in [-0.25, -0.2) is 0 Å². The van der Waals surface area contributed by atoms with Crippen molar-refractivity contribution in [2.45, 2.75) is 45.7 Å². The van der Waals surface area contributed by atoms with Crippen LogP contribution in [0.3, 0.4) is 0 Å². The third-order valence-electron chi connectivity index (χ3n) is 7.20. The predicted octanol–water partition coefficient (Wildman–Crippen LogP) is 5.47. The highest BCUT2D eigenvalue weighted by Crippen LogP contribution is 2.37. The zero-order valence-electron chi connectivity index (χ0n) is 22.8. The zero-order chi connectivity index (χ0) is 27.9. The smallest absolute Gasteiger partial charge is 0.103 e. The Morgan fingerprint density at radius 3 is 2.65 bits per heavy atom. The Bertz CT molecular complexity index is 1710. The molecule has 9 nitrogen and oxygen atoms in total. The maximum Gasteiger partial charge on any atom is 0.103 e. The topological polar surface area (TPSA) is 125 Å². The number of pyridine rings is 2. The minimum absolute atomic E-state index is 0.00833. The standard InChI is InChI=1S/C31H31N9/c1-31(2,3)18-36-29-21(14-33)16-35-28-20(13-32)11-22(12-26(28)29)37-30(27-17-40(39-38-27)23-7-8-23)25-6-4-5-19-15-34-10-9-24(19)25/h4-6,9-12,15-17,23,30,37-39H,7-8,18H2,1-3H3,(H,35,36)/t30-/m0/s1. The summed E-state index contributed by atoms with van der Waals surface area (Å²) in [6.07, 6.45) is 9.65. The van der Waals surface area contributed by atoms with E-state index in [9.17, 15) is 10.5 Å². The Labute approximate surface area is 233 Å². The van der Waals surface area contributed by atoms with Gasteiger partial charge in [-0.05, 0) is 47.4 Å². The van der Waals surface area contributed by atoms with E-state index in [-0.39, 0.29) is 11.5 Å². The van der Waals surface area contributed by atoms with E-state index in [1.165, 1.54) is 0 Å². The van der Waals surface area contributed by atoms with Gasteiger partial charge in [0.05, 0.1) is 34.1 Å². The van der Waals surface area contributed by atoms with Crippen LogP contribution in [-0.2, 0) is 0 Å². The molecule has 0 spiro atoms. The van der Waals surface area contributed by atoms with E-state index in [4.69, 9.17) is 0 Å². The fraction of sp³-hybridized carbons (Fsp3) is 0.290. The first kappa shape index (κ1) is 25.4. The molecule has 1 atom stereocenters. The summed E-state index contributed by atoms with van der Waals surface area (Å²) in [5.74, 6) is 0. The van der Waals surface area contributed by atoms with Gasteiger partial charge in [0, 0.05) is 53.8 Å². The van der Waals surface area contributed by atoms with Crippen molar-refractivity contribution in [3.8, 4) is 12.1 Å². The fourth-order valence-electron chi connectivity index (χ4n) is 5.03. The number of anilines is 2. The first-order valence-electron chi connectivity index (χ1n) is 13.5. The summed E-state index contributed by atoms with van der Waals surface area (Å²) < 4.78 is 0. The number of hydrazine groups is 2. The van der Waals surface area contributed by atoms with Gasteiger partial charge in [0.15, 0.2) is 0 Å². The van der Waals surface area contributed by atoms with Crippen LogP contribution in [-0.4, -0.2) is 27.6 Å². The highest BCUT2D eigenvalue weighted by molar-refractivity contribution is 5.99. The molecule has 9 heteroatoms. The molecule has 0 bridgehead atoms. The maximum atomic E-state index is 10.1. The fourth-order valence-corrected chi connectivity index (χ4v) is 5.03. The Morgan fingerprint density at radius 2 is 1.90 bits per heavy atom. The first-order chi connectivity index (χ1) is 19.3. The van der Waals surface area contributed by atoms with E-state index >= 15 is 0 Å². The first-order valence-corrected chi connectivity index (χ1v) is 13.5. The van der Waals surface area contributed by atoms with Crippen molar-refractivity contribution >= 4 is 33.1 Å². The zero-order valence-corrected chi connectivity index (χ0v) is 22.8. The average Bonchev–Trinajstić information content (AvgIpc) is 3.69. The number of rotatable bonds is 7. The van der Waals surface area contributed by atoms with Crippen molar-refractivity contribution in [3.63, 3.8) is 0 Å². The monoisotopic (exact) mass is 529 g/mol. The van der Waals surface area contributed by atoms with Crippen LogP contribution >= 0.6 is 0 Å². The molecule has 200 valence electrons. The van der Waals surface area contributed by atoms with Crippen LogP contribution in [0, 0.1) is 28.1 Å². The number of nitrogens with zero attached hydrogens (tertiary/aromatic N) is 5. The van der Waals surface area contributed by atoms with Crippen LogP contribution in [0.1, 0.15) is 56.3 Å². The van der Waals surface area contributed by atoms with Crippen LogP contribution < -0.4 is 21.6 Å². The lowest BCUT2D eigenvalue weighted by molar-refractivity contribution is 0.260. The molecular formula is C31H31N9. The lowest BCUT2D eigenvalue weighted by Gasteiger charge is -2.24. The average molecular weight is 530 g/mol. The summed E-state index contributed by atoms with van der Waals surface area (Å²) in [6.45, 7) is 7.06. The number of aromatic nitrogens is 2. The molecule has 1 fully saturated rings. The Balaban J connectivity index is 1.48. The Morgan fingerprint density at radius 1 is 1.07 bits per heavy atom. The lowest BCUT2D eigenvalue weighted by Crippen LogP contribution is -2.38. The molecule has 3 heterocycles. The Hall–Kier alpha value is -4.86. The normalized spacial score (nSPS) is 15.7. The molecule has 2 aromatic carbocycles. The molecule has 0 unspecified atom stereocenters. The number of hydrogen-bond acceptors (Lipinski definition) is 9. The van der Waals surface area contributed by atoms with Gasteiger partial charge in [0.25, 0.3) is 0 Å². The third kappa shape index (κ3) is 4.95. The molecule has 2 aromatic heterocycles. The van der Waals surface area contributed by atoms with E-state index < -0.39 is 0 Å². The number of nitriles is 2. The van der Waals surface area contributed by atoms with Crippen molar-refractivity contribution in [1.82, 2.24) is 25.9 Å². The van der Waals surface area contributed by atoms with Crippen molar-refractivity contribution in [3.05, 3.63) is 83.6 Å². The summed E-state index contributed by atoms with van der Waals surface area (Å²) in [4.78, 5) is 8.81. The maximum absolute atomic E-state index is 10.1. The molecule has 4 aromatic rings. The highest BCUT2D eigenvalue weighted by atomic mass is 15.7. The van der Waals surface area contributed by atoms with Crippen LogP contribution in [0.25, 0.3) is 21.7 Å². The summed E-state index contributed by atoms with van der Waals surface area (Å²) in [6, 6.07) is 16.9. The minimum atomic E-state index is -0.260. The van der Waals surface area contributed by atoms with Crippen molar-refractivity contribution in [2.75, 3.05) is 17.2 Å². The van der Waals surface area contributed by atoms with Crippen LogP contribution in [0.4, 0.5) is 11.4 Å². The van der Waals surface area contributed by atoms with Gasteiger partial charge >= 0.3 is 0 Å². The predicted molar refractivity (Wildman–Crippen MR) is 156 cm³/mol. The molecule has 40 heavy (non-hydrogen) atoms. The van der Waals surface area contributed by atoms with Crippen molar-refractivity contribution in [2.24, 2.45) is 5.41 Å². The molecule has 4 N–H and O–H groups in total. The minimum Gasteiger partial charge on any atom is -0.383 e. The van der Waals surface area contributed by atoms with Gasteiger partial charge in [-0.1, -0.05) is 39.0 Å². The highest BCUT2D eigenvalue weighted by Gasteiger charge is 2.32. The number of hydrogen-bond donors (Lipinski definition) is 4. The number of benzene rings is 2. The molecule has 1 aliphatic heterocycles. The van der Waals surface area contributed by atoms with Gasteiger partial charge in [-0.3, -0.25) is 15.0 Å². The summed E-state index contributed by atoms with van der Waals surface area (Å²) >= 11 is 0. The summed E-state index contributed by atoms with van der Waals surface area (Å²) in [5.41, 5.74) is 11.6. The van der Waals surface area contributed by atoms with Crippen LogP contribution in [0.15, 0.2) is 66.9 Å². The molecule has 6 rings (SSSR count). The largest absolute Gasteiger partial charge is 0.383 e. The second kappa shape index (κ2) is 10.0. The van der Waals surface area contributed by atoms with E-state index in [1.54, 1.807) is 12.4 Å². The van der Waals surface area contributed by atoms with Crippen molar-refractivity contribution < 1.29 is 0 Å². The molecule has 0 saturated heterocycles. The second-order valence-electron chi connectivity index (χ2n) is 11.6. The second-order valence-corrected chi connectivity index (χ2v) is 11.6. The van der Waals surface area contributed by atoms with Gasteiger partial charge in [-0.15, -0.1) is 5.53 Å².